The van der Waals surface area contributed by atoms with Gasteiger partial charge in [0.1, 0.15) is 0 Å². The summed E-state index contributed by atoms with van der Waals surface area (Å²) >= 11 is 0. The van der Waals surface area contributed by atoms with Gasteiger partial charge in [-0.25, -0.2) is 0 Å². The van der Waals surface area contributed by atoms with Crippen molar-refractivity contribution in [2.45, 2.75) is 24.2 Å². The van der Waals surface area contributed by atoms with Gasteiger partial charge in [-0.2, -0.15) is 0 Å². The molecule has 2 rings (SSSR count). The van der Waals surface area contributed by atoms with E-state index in [0.717, 1.165) is 0 Å². The van der Waals surface area contributed by atoms with E-state index < -0.39 is 24.2 Å². The number of nitrogen functional groups attached to an aromatic ring is 4. The number of nitrogens with two attached hydrogens (primary N) is 8. The lowest BCUT2D eigenvalue weighted by Crippen LogP contribution is -2.57. The van der Waals surface area contributed by atoms with Crippen molar-refractivity contribution >= 4 is 22.7 Å². The molecule has 100 valence electrons. The average Bonchev–Trinajstić information content (AvgIpc) is 2.35. The molecule has 0 bridgehead atoms. The van der Waals surface area contributed by atoms with Gasteiger partial charge in [0.2, 0.25) is 0 Å². The molecular formula is C10H20N8. The molecule has 0 radical (unpaired) electrons. The summed E-state index contributed by atoms with van der Waals surface area (Å²) in [6.45, 7) is 0. The molecular weight excluding hydrogens is 232 g/mol. The molecule has 1 aliphatic carbocycles. The Labute approximate surface area is 105 Å². The number of benzene rings is 1. The first-order valence-corrected chi connectivity index (χ1v) is 5.57. The summed E-state index contributed by atoms with van der Waals surface area (Å²) < 4.78 is 0. The zero-order valence-corrected chi connectivity index (χ0v) is 9.93. The van der Waals surface area contributed by atoms with Gasteiger partial charge in [-0.15, -0.1) is 0 Å². The van der Waals surface area contributed by atoms with Gasteiger partial charge in [0, 0.05) is 35.3 Å². The van der Waals surface area contributed by atoms with Gasteiger partial charge in [-0.05, 0) is 0 Å². The minimum absolute atomic E-state index is 0.205. The number of hydrogen-bond acceptors (Lipinski definition) is 8. The molecule has 18 heavy (non-hydrogen) atoms. The van der Waals surface area contributed by atoms with E-state index in [4.69, 9.17) is 45.9 Å². The third-order valence-electron chi connectivity index (χ3n) is 3.68. The molecule has 0 saturated carbocycles. The van der Waals surface area contributed by atoms with Crippen LogP contribution in [0, 0.1) is 0 Å². The van der Waals surface area contributed by atoms with Crippen molar-refractivity contribution in [2.75, 3.05) is 22.9 Å². The van der Waals surface area contributed by atoms with Crippen LogP contribution in [-0.2, 0) is 0 Å². The zero-order valence-electron chi connectivity index (χ0n) is 9.93. The maximum absolute atomic E-state index is 6.04. The Bertz CT molecular complexity index is 454. The summed E-state index contributed by atoms with van der Waals surface area (Å²) in [5, 5.41) is 0. The molecule has 1 aromatic carbocycles. The minimum atomic E-state index is -0.569. The van der Waals surface area contributed by atoms with Gasteiger partial charge in [0.15, 0.2) is 0 Å². The van der Waals surface area contributed by atoms with Crippen molar-refractivity contribution in [2.24, 2.45) is 22.9 Å². The lowest BCUT2D eigenvalue weighted by atomic mass is 9.76. The summed E-state index contributed by atoms with van der Waals surface area (Å²) in [5.74, 6) is 0. The number of fused-ring (bicyclic) bond motifs is 1. The van der Waals surface area contributed by atoms with Crippen LogP contribution in [0.25, 0.3) is 0 Å². The van der Waals surface area contributed by atoms with E-state index in [1.54, 1.807) is 0 Å². The van der Waals surface area contributed by atoms with E-state index in [-0.39, 0.29) is 22.7 Å². The van der Waals surface area contributed by atoms with Crippen LogP contribution in [-0.4, -0.2) is 12.1 Å². The monoisotopic (exact) mass is 252 g/mol. The first-order valence-electron chi connectivity index (χ1n) is 5.57. The zero-order chi connectivity index (χ0) is 13.8. The highest BCUT2D eigenvalue weighted by atomic mass is 14.9. The van der Waals surface area contributed by atoms with Gasteiger partial charge in [0.05, 0.1) is 22.7 Å². The van der Waals surface area contributed by atoms with Crippen LogP contribution in [0.15, 0.2) is 0 Å². The molecule has 16 N–H and O–H groups in total. The quantitative estimate of drug-likeness (QED) is 0.234. The summed E-state index contributed by atoms with van der Waals surface area (Å²) in [4.78, 5) is 0. The van der Waals surface area contributed by atoms with E-state index in [2.05, 4.69) is 0 Å². The van der Waals surface area contributed by atoms with Crippen molar-refractivity contribution in [3.05, 3.63) is 11.1 Å². The maximum Gasteiger partial charge on any atom is 0.0806 e. The fraction of sp³-hybridized carbons (Fsp3) is 0.400. The molecule has 0 aromatic heterocycles. The summed E-state index contributed by atoms with van der Waals surface area (Å²) in [5.41, 5.74) is 49.5. The smallest absolute Gasteiger partial charge is 0.0806 e. The van der Waals surface area contributed by atoms with E-state index in [9.17, 15) is 0 Å². The number of hydrogen-bond donors (Lipinski definition) is 8. The van der Waals surface area contributed by atoms with Gasteiger partial charge >= 0.3 is 0 Å². The number of rotatable bonds is 0. The van der Waals surface area contributed by atoms with E-state index >= 15 is 0 Å². The highest BCUT2D eigenvalue weighted by Gasteiger charge is 2.39. The molecule has 0 amide bonds. The van der Waals surface area contributed by atoms with Crippen LogP contribution in [0.1, 0.15) is 23.2 Å². The van der Waals surface area contributed by atoms with Crippen molar-refractivity contribution in [3.8, 4) is 0 Å². The van der Waals surface area contributed by atoms with Gasteiger partial charge in [-0.3, -0.25) is 0 Å². The highest BCUT2D eigenvalue weighted by molar-refractivity contribution is 5.91. The minimum Gasteiger partial charge on any atom is -0.397 e. The highest BCUT2D eigenvalue weighted by Crippen LogP contribution is 2.45. The second kappa shape index (κ2) is 3.89. The van der Waals surface area contributed by atoms with Crippen LogP contribution < -0.4 is 45.9 Å². The second-order valence-corrected chi connectivity index (χ2v) is 4.69. The van der Waals surface area contributed by atoms with Crippen molar-refractivity contribution < 1.29 is 0 Å². The number of anilines is 4. The standard InChI is InChI=1S/C10H20N8/c11-3-1-2(5(13)9(17)7(3)15)6(14)10(18)8(16)4(1)12/h3,5,7,9H,11-18H2. The molecule has 0 saturated heterocycles. The van der Waals surface area contributed by atoms with Gasteiger partial charge < -0.3 is 45.9 Å². The fourth-order valence-electron chi connectivity index (χ4n) is 2.45. The second-order valence-electron chi connectivity index (χ2n) is 4.69. The third-order valence-corrected chi connectivity index (χ3v) is 3.68. The van der Waals surface area contributed by atoms with Crippen LogP contribution in [0.2, 0.25) is 0 Å². The first kappa shape index (κ1) is 12.7. The van der Waals surface area contributed by atoms with E-state index in [1.165, 1.54) is 0 Å². The third kappa shape index (κ3) is 1.40. The Balaban J connectivity index is 2.80. The molecule has 0 heterocycles. The lowest BCUT2D eigenvalue weighted by molar-refractivity contribution is 0.373. The Kier molecular flexibility index (Phi) is 2.74. The predicted molar refractivity (Wildman–Crippen MR) is 73.9 cm³/mol. The topological polar surface area (TPSA) is 208 Å². The summed E-state index contributed by atoms with van der Waals surface area (Å²) in [6, 6.07) is -2.17. The summed E-state index contributed by atoms with van der Waals surface area (Å²) in [6.07, 6.45) is 0. The molecule has 4 unspecified atom stereocenters. The molecule has 8 heteroatoms. The van der Waals surface area contributed by atoms with Crippen LogP contribution in [0.3, 0.4) is 0 Å². The molecule has 0 fully saturated rings. The largest absolute Gasteiger partial charge is 0.397 e. The SMILES string of the molecule is Nc1c(N)c(N)c2c(c1N)C(N)C(N)C(N)C2N. The fourth-order valence-corrected chi connectivity index (χ4v) is 2.45. The maximum atomic E-state index is 6.04. The van der Waals surface area contributed by atoms with E-state index in [0.29, 0.717) is 11.1 Å². The van der Waals surface area contributed by atoms with Crippen LogP contribution >= 0.6 is 0 Å². The van der Waals surface area contributed by atoms with E-state index in [1.807, 2.05) is 0 Å². The molecule has 1 aromatic rings. The Morgan fingerprint density at radius 1 is 0.500 bits per heavy atom. The van der Waals surface area contributed by atoms with Gasteiger partial charge in [-0.1, -0.05) is 0 Å². The summed E-state index contributed by atoms with van der Waals surface area (Å²) in [7, 11) is 0. The van der Waals surface area contributed by atoms with Crippen molar-refractivity contribution in [1.82, 2.24) is 0 Å². The lowest BCUT2D eigenvalue weighted by Gasteiger charge is -2.39. The normalized spacial score (nSPS) is 31.1. The predicted octanol–water partition coefficient (Wildman–Crippen LogP) is -2.32. The van der Waals surface area contributed by atoms with Gasteiger partial charge in [0.25, 0.3) is 0 Å². The molecule has 0 spiro atoms. The van der Waals surface area contributed by atoms with Crippen LogP contribution in [0.5, 0.6) is 0 Å². The Morgan fingerprint density at radius 2 is 0.778 bits per heavy atom. The van der Waals surface area contributed by atoms with Crippen molar-refractivity contribution in [1.29, 1.82) is 0 Å². The molecule has 4 atom stereocenters. The Hall–Kier alpha value is -1.74. The average molecular weight is 252 g/mol. The van der Waals surface area contributed by atoms with Crippen LogP contribution in [0.4, 0.5) is 22.7 Å². The van der Waals surface area contributed by atoms with Crippen molar-refractivity contribution in [3.63, 3.8) is 0 Å². The molecule has 0 aliphatic heterocycles. The molecule has 8 nitrogen and oxygen atoms in total. The molecule has 1 aliphatic rings. The Morgan fingerprint density at radius 3 is 1.06 bits per heavy atom. The first-order chi connectivity index (χ1) is 8.29.